The molecule has 0 radical (unpaired) electrons. The fraction of sp³-hybridized carbons (Fsp3) is 0.250. The van der Waals surface area contributed by atoms with E-state index in [4.69, 9.17) is 0 Å². The molecule has 0 saturated heterocycles. The van der Waals surface area contributed by atoms with Crippen LogP contribution in [-0.4, -0.2) is 0 Å². The Labute approximate surface area is 290 Å². The van der Waals surface area contributed by atoms with Gasteiger partial charge >= 0.3 is 0 Å². The van der Waals surface area contributed by atoms with E-state index in [0.717, 1.165) is 65.0 Å². The molecule has 0 N–H and O–H groups in total. The summed E-state index contributed by atoms with van der Waals surface area (Å²) < 4.78 is 0.946. The van der Waals surface area contributed by atoms with Crippen molar-refractivity contribution in [3.8, 4) is 22.6 Å². The first-order chi connectivity index (χ1) is 22.4. The molecule has 0 bridgehead atoms. The van der Waals surface area contributed by atoms with Crippen LogP contribution in [0.2, 0.25) is 0 Å². The van der Waals surface area contributed by atoms with Crippen LogP contribution in [0.25, 0.3) is 21.6 Å². The molecule has 5 rings (SSSR count). The third-order valence-corrected chi connectivity index (χ3v) is 10.9. The van der Waals surface area contributed by atoms with Gasteiger partial charge in [0.1, 0.15) is 12.1 Å². The first kappa shape index (κ1) is 33.4. The Morgan fingerprint density at radius 2 is 1.09 bits per heavy atom. The molecule has 3 aromatic carbocycles. The Kier molecular flexibility index (Phi) is 11.3. The summed E-state index contributed by atoms with van der Waals surface area (Å²) in [6.07, 6.45) is 6.97. The first-order valence-electron chi connectivity index (χ1n) is 15.9. The summed E-state index contributed by atoms with van der Waals surface area (Å²) in [6, 6.07) is 35.3. The van der Waals surface area contributed by atoms with Crippen molar-refractivity contribution < 1.29 is 0 Å². The molecule has 5 aromatic rings. The van der Waals surface area contributed by atoms with Crippen molar-refractivity contribution in [3.05, 3.63) is 121 Å². The first-order valence-corrected chi connectivity index (χ1v) is 18.3. The van der Waals surface area contributed by atoms with E-state index < -0.39 is 0 Å². The average molecular weight is 705 g/mol. The summed E-state index contributed by atoms with van der Waals surface area (Å²) in [5.41, 5.74) is 9.63. The largest absolute Gasteiger partial charge is 0.311 e. The lowest BCUT2D eigenvalue weighted by molar-refractivity contribution is 0.795. The minimum Gasteiger partial charge on any atom is -0.311 e. The minimum absolute atomic E-state index is 0.418. The molecule has 0 aliphatic carbocycles. The normalized spacial score (nSPS) is 11.5. The smallest absolute Gasteiger partial charge is 0.101 e. The second kappa shape index (κ2) is 15.6. The Hall–Kier alpha value is -3.94. The molecule has 6 heteroatoms. The van der Waals surface area contributed by atoms with E-state index in [1.165, 1.54) is 36.8 Å². The molecule has 3 nitrogen and oxygen atoms in total. The molecule has 0 aliphatic heterocycles. The Morgan fingerprint density at radius 3 is 1.50 bits per heavy atom. The maximum Gasteiger partial charge on any atom is 0.101 e. The number of unbranched alkanes of at least 4 members (excludes halogenated alkanes) is 2. The fourth-order valence-electron chi connectivity index (χ4n) is 5.68. The number of benzene rings is 3. The van der Waals surface area contributed by atoms with Crippen molar-refractivity contribution in [2.24, 2.45) is 0 Å². The molecule has 0 fully saturated rings. The van der Waals surface area contributed by atoms with Gasteiger partial charge in [0.25, 0.3) is 0 Å². The molecular formula is C40H38BrN3S2. The predicted octanol–water partition coefficient (Wildman–Crippen LogP) is 13.0. The number of anilines is 3. The Morgan fingerprint density at radius 1 is 0.652 bits per heavy atom. The van der Waals surface area contributed by atoms with Gasteiger partial charge < -0.3 is 4.90 Å². The number of thiophene rings is 2. The predicted molar refractivity (Wildman–Crippen MR) is 201 cm³/mol. The number of hydrogen-bond donors (Lipinski definition) is 0. The van der Waals surface area contributed by atoms with Crippen LogP contribution in [0.15, 0.2) is 88.7 Å². The highest BCUT2D eigenvalue weighted by molar-refractivity contribution is 9.11. The van der Waals surface area contributed by atoms with Crippen LogP contribution in [0.5, 0.6) is 0 Å². The second-order valence-corrected chi connectivity index (χ2v) is 15.4. The summed E-state index contributed by atoms with van der Waals surface area (Å²) in [6.45, 7) is 8.47. The minimum atomic E-state index is 0.418. The summed E-state index contributed by atoms with van der Waals surface area (Å²) in [4.78, 5) is 5.41. The third kappa shape index (κ3) is 7.54. The van der Waals surface area contributed by atoms with Crippen LogP contribution >= 0.6 is 38.6 Å². The van der Waals surface area contributed by atoms with Crippen molar-refractivity contribution in [1.82, 2.24) is 0 Å². The van der Waals surface area contributed by atoms with E-state index in [0.29, 0.717) is 11.1 Å². The van der Waals surface area contributed by atoms with Crippen molar-refractivity contribution in [3.63, 3.8) is 0 Å². The van der Waals surface area contributed by atoms with Crippen LogP contribution in [0, 0.1) is 36.5 Å². The Bertz CT molecular complexity index is 1850. The highest BCUT2D eigenvalue weighted by atomic mass is 79.9. The standard InChI is InChI=1S/C40H38BrN3S2/c1-5-7-9-29-11-17-32(18-12-29)44(33-19-13-30(14-20-33)10-8-6-2)34-21-15-31(16-22-34)39-23-35(27(3)45-39)37(25-42)38(26-43)36-24-40(41)46-28(36)4/h11-24H,5-10H2,1-4H3/b38-37+. The number of aryl methyl sites for hydroxylation is 4. The van der Waals surface area contributed by atoms with E-state index in [1.54, 1.807) is 22.7 Å². The molecule has 0 aliphatic rings. The number of allylic oxidation sites excluding steroid dienone is 2. The summed E-state index contributed by atoms with van der Waals surface area (Å²) in [5.74, 6) is 0. The van der Waals surface area contributed by atoms with Crippen molar-refractivity contribution in [1.29, 1.82) is 10.5 Å². The molecule has 0 saturated carbocycles. The highest BCUT2D eigenvalue weighted by Crippen LogP contribution is 2.41. The van der Waals surface area contributed by atoms with Gasteiger partial charge in [-0.2, -0.15) is 10.5 Å². The van der Waals surface area contributed by atoms with E-state index in [-0.39, 0.29) is 0 Å². The third-order valence-electron chi connectivity index (χ3n) is 8.25. The van der Waals surface area contributed by atoms with Gasteiger partial charge in [-0.05, 0) is 121 Å². The van der Waals surface area contributed by atoms with Gasteiger partial charge in [-0.3, -0.25) is 0 Å². The van der Waals surface area contributed by atoms with Crippen LogP contribution in [0.4, 0.5) is 17.1 Å². The summed E-state index contributed by atoms with van der Waals surface area (Å²) in [7, 11) is 0. The van der Waals surface area contributed by atoms with Crippen molar-refractivity contribution >= 4 is 66.8 Å². The van der Waals surface area contributed by atoms with Crippen LogP contribution in [0.3, 0.4) is 0 Å². The molecule has 0 unspecified atom stereocenters. The van der Waals surface area contributed by atoms with Crippen LogP contribution < -0.4 is 4.90 Å². The quantitative estimate of drug-likeness (QED) is 0.122. The number of nitrogens with zero attached hydrogens (tertiary/aromatic N) is 3. The zero-order valence-corrected chi connectivity index (χ0v) is 30.1. The van der Waals surface area contributed by atoms with E-state index >= 15 is 0 Å². The SMILES string of the molecule is CCCCc1ccc(N(c2ccc(CCCC)cc2)c2ccc(-c3cc(/C(C#N)=C(\C#N)c4cc(Br)sc4C)c(C)s3)cc2)cc1. The zero-order chi connectivity index (χ0) is 32.6. The van der Waals surface area contributed by atoms with E-state index in [1.807, 2.05) is 19.9 Å². The van der Waals surface area contributed by atoms with Gasteiger partial charge in [0.05, 0.1) is 14.9 Å². The van der Waals surface area contributed by atoms with Gasteiger partial charge in [-0.1, -0.05) is 63.1 Å². The van der Waals surface area contributed by atoms with E-state index in [2.05, 4.69) is 126 Å². The van der Waals surface area contributed by atoms with Crippen molar-refractivity contribution in [2.75, 3.05) is 4.90 Å². The number of hydrogen-bond acceptors (Lipinski definition) is 5. The van der Waals surface area contributed by atoms with Gasteiger partial charge in [0.15, 0.2) is 0 Å². The van der Waals surface area contributed by atoms with Crippen LogP contribution in [0.1, 0.15) is 71.5 Å². The Balaban J connectivity index is 1.50. The molecule has 0 spiro atoms. The molecular weight excluding hydrogens is 666 g/mol. The maximum atomic E-state index is 10.2. The summed E-state index contributed by atoms with van der Waals surface area (Å²) in [5, 5.41) is 20.3. The molecule has 46 heavy (non-hydrogen) atoms. The molecule has 2 aromatic heterocycles. The molecule has 232 valence electrons. The van der Waals surface area contributed by atoms with Crippen molar-refractivity contribution in [2.45, 2.75) is 66.2 Å². The fourth-order valence-corrected chi connectivity index (χ4v) is 8.40. The van der Waals surface area contributed by atoms with Gasteiger partial charge in [-0.15, -0.1) is 22.7 Å². The lowest BCUT2D eigenvalue weighted by Crippen LogP contribution is -2.10. The lowest BCUT2D eigenvalue weighted by atomic mass is 9.96. The summed E-state index contributed by atoms with van der Waals surface area (Å²) >= 11 is 6.75. The van der Waals surface area contributed by atoms with Gasteiger partial charge in [0, 0.05) is 42.8 Å². The van der Waals surface area contributed by atoms with E-state index in [9.17, 15) is 10.5 Å². The molecule has 0 amide bonds. The average Bonchev–Trinajstić information content (AvgIpc) is 3.63. The maximum absolute atomic E-state index is 10.2. The monoisotopic (exact) mass is 703 g/mol. The highest BCUT2D eigenvalue weighted by Gasteiger charge is 2.20. The van der Waals surface area contributed by atoms with Crippen LogP contribution in [-0.2, 0) is 12.8 Å². The van der Waals surface area contributed by atoms with Gasteiger partial charge in [-0.25, -0.2) is 0 Å². The number of halogens is 1. The lowest BCUT2D eigenvalue weighted by Gasteiger charge is -2.26. The second-order valence-electron chi connectivity index (χ2n) is 11.5. The molecule has 0 atom stereocenters. The number of rotatable bonds is 12. The van der Waals surface area contributed by atoms with Gasteiger partial charge in [0.2, 0.25) is 0 Å². The number of nitriles is 2. The molecule has 2 heterocycles. The topological polar surface area (TPSA) is 50.8 Å². The zero-order valence-electron chi connectivity index (χ0n) is 26.9.